The molecule has 3 heteroatoms. The van der Waals surface area contributed by atoms with Crippen LogP contribution in [0.2, 0.25) is 0 Å². The van der Waals surface area contributed by atoms with Crippen molar-refractivity contribution in [3.05, 3.63) is 22.4 Å². The van der Waals surface area contributed by atoms with Gasteiger partial charge in [0.05, 0.1) is 0 Å². The standard InChI is InChI=1S/C9H15ClN2/c1-6(4-7(2)10)8(3)9(12)5-11/h4-6,11H,12H2,1-3H3/b7-4+,9-8+,11-5?. The van der Waals surface area contributed by atoms with E-state index in [2.05, 4.69) is 0 Å². The summed E-state index contributed by atoms with van der Waals surface area (Å²) in [6.45, 7) is 5.73. The van der Waals surface area contributed by atoms with Crippen molar-refractivity contribution >= 4 is 17.8 Å². The Balaban J connectivity index is 4.60. The first kappa shape index (κ1) is 11.2. The van der Waals surface area contributed by atoms with Crippen LogP contribution in [0.3, 0.4) is 0 Å². The smallest absolute Gasteiger partial charge is 0.0487 e. The molecule has 0 spiro atoms. The fourth-order valence-electron chi connectivity index (χ4n) is 0.846. The van der Waals surface area contributed by atoms with Gasteiger partial charge in [-0.15, -0.1) is 0 Å². The Hall–Kier alpha value is -0.760. The number of rotatable bonds is 3. The van der Waals surface area contributed by atoms with Gasteiger partial charge in [-0.2, -0.15) is 0 Å². The monoisotopic (exact) mass is 186 g/mol. The normalized spacial score (nSPS) is 16.8. The van der Waals surface area contributed by atoms with Crippen LogP contribution in [0.15, 0.2) is 22.4 Å². The second-order valence-corrected chi connectivity index (χ2v) is 3.42. The summed E-state index contributed by atoms with van der Waals surface area (Å²) >= 11 is 5.71. The van der Waals surface area contributed by atoms with Crippen molar-refractivity contribution in [2.45, 2.75) is 20.8 Å². The third-order valence-electron chi connectivity index (χ3n) is 1.77. The van der Waals surface area contributed by atoms with E-state index in [1.54, 1.807) is 0 Å². The lowest BCUT2D eigenvalue weighted by atomic mass is 10.0. The van der Waals surface area contributed by atoms with Crippen LogP contribution in [-0.4, -0.2) is 6.21 Å². The number of hydrogen-bond acceptors (Lipinski definition) is 2. The molecule has 0 aromatic carbocycles. The Labute approximate surface area is 78.6 Å². The van der Waals surface area contributed by atoms with Crippen molar-refractivity contribution in [1.29, 1.82) is 5.41 Å². The van der Waals surface area contributed by atoms with Gasteiger partial charge in [0.15, 0.2) is 0 Å². The van der Waals surface area contributed by atoms with E-state index in [4.69, 9.17) is 22.7 Å². The lowest BCUT2D eigenvalue weighted by Gasteiger charge is -2.08. The first-order chi connectivity index (χ1) is 5.49. The van der Waals surface area contributed by atoms with Crippen molar-refractivity contribution in [1.82, 2.24) is 0 Å². The SMILES string of the molecule is C/C(Cl)=C\C(C)/C(C)=C(/N)C=N. The van der Waals surface area contributed by atoms with Gasteiger partial charge in [-0.25, -0.2) is 0 Å². The topological polar surface area (TPSA) is 49.9 Å². The number of halogens is 1. The van der Waals surface area contributed by atoms with Crippen LogP contribution in [0.5, 0.6) is 0 Å². The predicted molar refractivity (Wildman–Crippen MR) is 54.4 cm³/mol. The van der Waals surface area contributed by atoms with Crippen molar-refractivity contribution in [2.24, 2.45) is 11.7 Å². The molecule has 68 valence electrons. The summed E-state index contributed by atoms with van der Waals surface area (Å²) in [5.74, 6) is 0.198. The quantitative estimate of drug-likeness (QED) is 0.655. The molecule has 0 amide bonds. The molecule has 0 heterocycles. The molecule has 0 saturated heterocycles. The van der Waals surface area contributed by atoms with Crippen molar-refractivity contribution in [3.63, 3.8) is 0 Å². The fourth-order valence-corrected chi connectivity index (χ4v) is 1.04. The maximum absolute atomic E-state index is 6.95. The van der Waals surface area contributed by atoms with Crippen LogP contribution in [0, 0.1) is 11.3 Å². The van der Waals surface area contributed by atoms with Gasteiger partial charge in [0.1, 0.15) is 0 Å². The highest BCUT2D eigenvalue weighted by Gasteiger charge is 2.03. The zero-order chi connectivity index (χ0) is 9.72. The molecule has 0 aromatic rings. The van der Waals surface area contributed by atoms with E-state index in [-0.39, 0.29) is 5.92 Å². The number of nitrogens with two attached hydrogens (primary N) is 1. The minimum Gasteiger partial charge on any atom is -0.398 e. The van der Waals surface area contributed by atoms with E-state index >= 15 is 0 Å². The molecular formula is C9H15ClN2. The van der Waals surface area contributed by atoms with Crippen LogP contribution in [0.4, 0.5) is 0 Å². The summed E-state index contributed by atoms with van der Waals surface area (Å²) in [6, 6.07) is 0. The predicted octanol–water partition coefficient (Wildman–Crippen LogP) is 2.65. The number of nitrogens with one attached hydrogen (secondary N) is 1. The highest BCUT2D eigenvalue weighted by molar-refractivity contribution is 6.29. The third-order valence-corrected chi connectivity index (χ3v) is 1.90. The average molecular weight is 187 g/mol. The van der Waals surface area contributed by atoms with E-state index in [1.807, 2.05) is 26.8 Å². The first-order valence-corrected chi connectivity index (χ1v) is 4.17. The second-order valence-electron chi connectivity index (χ2n) is 2.82. The molecule has 1 atom stereocenters. The van der Waals surface area contributed by atoms with Gasteiger partial charge in [0.2, 0.25) is 0 Å². The Morgan fingerprint density at radius 3 is 2.33 bits per heavy atom. The van der Waals surface area contributed by atoms with Crippen LogP contribution in [-0.2, 0) is 0 Å². The summed E-state index contributed by atoms with van der Waals surface area (Å²) < 4.78 is 0. The van der Waals surface area contributed by atoms with Crippen LogP contribution >= 0.6 is 11.6 Å². The molecule has 0 radical (unpaired) electrons. The van der Waals surface area contributed by atoms with Gasteiger partial charge >= 0.3 is 0 Å². The van der Waals surface area contributed by atoms with Crippen molar-refractivity contribution in [3.8, 4) is 0 Å². The van der Waals surface area contributed by atoms with Crippen LogP contribution in [0.1, 0.15) is 20.8 Å². The molecule has 3 N–H and O–H groups in total. The van der Waals surface area contributed by atoms with E-state index in [9.17, 15) is 0 Å². The maximum Gasteiger partial charge on any atom is 0.0487 e. The lowest BCUT2D eigenvalue weighted by Crippen LogP contribution is -2.06. The Bertz CT molecular complexity index is 225. The molecule has 1 unspecified atom stereocenters. The average Bonchev–Trinajstić information content (AvgIpc) is 2.00. The molecular weight excluding hydrogens is 172 g/mol. The summed E-state index contributed by atoms with van der Waals surface area (Å²) in [6.07, 6.45) is 3.07. The molecule has 2 nitrogen and oxygen atoms in total. The maximum atomic E-state index is 6.95. The van der Waals surface area contributed by atoms with Crippen LogP contribution < -0.4 is 5.73 Å². The fraction of sp³-hybridized carbons (Fsp3) is 0.444. The van der Waals surface area contributed by atoms with Gasteiger partial charge in [-0.3, -0.25) is 0 Å². The molecule has 0 rings (SSSR count). The molecule has 0 aromatic heterocycles. The molecule has 0 aliphatic heterocycles. The Kier molecular flexibility index (Phi) is 4.67. The van der Waals surface area contributed by atoms with E-state index < -0.39 is 0 Å². The minimum absolute atomic E-state index is 0.198. The van der Waals surface area contributed by atoms with Gasteiger partial charge < -0.3 is 11.1 Å². The van der Waals surface area contributed by atoms with E-state index in [1.165, 1.54) is 0 Å². The number of allylic oxidation sites excluding steroid dienone is 4. The number of hydrogen-bond donors (Lipinski definition) is 2. The highest BCUT2D eigenvalue weighted by Crippen LogP contribution is 2.15. The first-order valence-electron chi connectivity index (χ1n) is 3.79. The highest BCUT2D eigenvalue weighted by atomic mass is 35.5. The second kappa shape index (κ2) is 4.99. The molecule has 0 bridgehead atoms. The van der Waals surface area contributed by atoms with Gasteiger partial charge in [0, 0.05) is 16.9 Å². The molecule has 0 aliphatic rings. The van der Waals surface area contributed by atoms with E-state index in [0.29, 0.717) is 5.70 Å². The zero-order valence-corrected chi connectivity index (χ0v) is 8.44. The lowest BCUT2D eigenvalue weighted by molar-refractivity contribution is 0.847. The largest absolute Gasteiger partial charge is 0.398 e. The van der Waals surface area contributed by atoms with Gasteiger partial charge in [-0.05, 0) is 25.3 Å². The molecule has 0 aliphatic carbocycles. The van der Waals surface area contributed by atoms with Crippen molar-refractivity contribution in [2.75, 3.05) is 0 Å². The molecule has 0 saturated carbocycles. The third kappa shape index (κ3) is 3.58. The Morgan fingerprint density at radius 1 is 1.50 bits per heavy atom. The summed E-state index contributed by atoms with van der Waals surface area (Å²) in [5, 5.41) is 7.70. The minimum atomic E-state index is 0.198. The summed E-state index contributed by atoms with van der Waals surface area (Å²) in [4.78, 5) is 0. The zero-order valence-electron chi connectivity index (χ0n) is 7.69. The molecule has 12 heavy (non-hydrogen) atoms. The summed E-state index contributed by atoms with van der Waals surface area (Å²) in [5.41, 5.74) is 7.04. The van der Waals surface area contributed by atoms with E-state index in [0.717, 1.165) is 16.8 Å². The Morgan fingerprint density at radius 2 is 2.00 bits per heavy atom. The van der Waals surface area contributed by atoms with Crippen molar-refractivity contribution < 1.29 is 0 Å². The van der Waals surface area contributed by atoms with Crippen LogP contribution in [0.25, 0.3) is 0 Å². The summed E-state index contributed by atoms with van der Waals surface area (Å²) in [7, 11) is 0. The molecule has 0 fully saturated rings. The van der Waals surface area contributed by atoms with Gasteiger partial charge in [0.25, 0.3) is 0 Å². The van der Waals surface area contributed by atoms with Gasteiger partial charge in [-0.1, -0.05) is 24.6 Å².